The summed E-state index contributed by atoms with van der Waals surface area (Å²) in [7, 11) is -1.38. The predicted octanol–water partition coefficient (Wildman–Crippen LogP) is 6.22. The maximum absolute atomic E-state index is 13.7. The first-order chi connectivity index (χ1) is 12.3. The zero-order valence-electron chi connectivity index (χ0n) is 12.7. The van der Waals surface area contributed by atoms with Crippen LogP contribution in [0.1, 0.15) is 0 Å². The van der Waals surface area contributed by atoms with Crippen molar-refractivity contribution in [3.8, 4) is 0 Å². The van der Waals surface area contributed by atoms with Crippen molar-refractivity contribution < 1.29 is 26.3 Å². The Morgan fingerprint density at radius 1 is 0.538 bits per heavy atom. The molecule has 0 fully saturated rings. The molecule has 0 heterocycles. The molecule has 3 aromatic rings. The summed E-state index contributed by atoms with van der Waals surface area (Å²) in [6.07, 6.45) is 0. The number of hydrogen-bond donors (Lipinski definition) is 0. The lowest BCUT2D eigenvalue weighted by Crippen LogP contribution is -2.09. The Hall–Kier alpha value is -1.68. The van der Waals surface area contributed by atoms with Crippen molar-refractivity contribution in [3.05, 3.63) is 87.0 Å². The second-order valence-electron chi connectivity index (χ2n) is 5.16. The van der Waals surface area contributed by atoms with E-state index in [1.54, 1.807) is 24.3 Å². The fraction of sp³-hybridized carbons (Fsp3) is 0. The van der Waals surface area contributed by atoms with Gasteiger partial charge < -0.3 is 0 Å². The zero-order chi connectivity index (χ0) is 19.0. The molecule has 0 N–H and O–H groups in total. The highest BCUT2D eigenvalue weighted by Crippen LogP contribution is 2.34. The molecule has 0 saturated heterocycles. The highest BCUT2D eigenvalue weighted by Gasteiger charge is 2.33. The van der Waals surface area contributed by atoms with Gasteiger partial charge in [0.2, 0.25) is 0 Å². The van der Waals surface area contributed by atoms with Gasteiger partial charge in [-0.1, -0.05) is 0 Å². The molecule has 0 radical (unpaired) electrons. The van der Waals surface area contributed by atoms with Crippen molar-refractivity contribution in [2.24, 2.45) is 0 Å². The molecule has 0 aliphatic carbocycles. The van der Waals surface area contributed by atoms with Crippen LogP contribution in [0.5, 0.6) is 0 Å². The van der Waals surface area contributed by atoms with E-state index in [2.05, 4.69) is 0 Å². The molecule has 0 aromatic heterocycles. The molecular weight excluding hydrogens is 489 g/mol. The van der Waals surface area contributed by atoms with Gasteiger partial charge in [0.05, 0.1) is 10.9 Å². The highest BCUT2D eigenvalue weighted by molar-refractivity contribution is 14.1. The van der Waals surface area contributed by atoms with Gasteiger partial charge in [0.15, 0.2) is 49.6 Å². The standard InChI is InChI=1S/C18H8F6IS/c19-13-5-11(6-14(20)17(13)23)26(10-3-1-9(25)2-4-10)12-7-15(21)18(24)16(22)8-12/h1-8H/q+1. The minimum atomic E-state index is -1.64. The number of hydrogen-bond acceptors (Lipinski definition) is 0. The highest BCUT2D eigenvalue weighted by atomic mass is 127. The summed E-state index contributed by atoms with van der Waals surface area (Å²) < 4.78 is 82.2. The van der Waals surface area contributed by atoms with Gasteiger partial charge in [0.1, 0.15) is 0 Å². The molecule has 0 amide bonds. The lowest BCUT2D eigenvalue weighted by Gasteiger charge is -2.10. The second-order valence-corrected chi connectivity index (χ2v) is 8.43. The van der Waals surface area contributed by atoms with Crippen LogP contribution in [0.15, 0.2) is 63.2 Å². The smallest absolute Gasteiger partial charge is 0.194 e. The van der Waals surface area contributed by atoms with Gasteiger partial charge in [0.25, 0.3) is 0 Å². The maximum atomic E-state index is 13.7. The van der Waals surface area contributed by atoms with Crippen LogP contribution in [0.4, 0.5) is 26.3 Å². The Bertz CT molecular complexity index is 870. The summed E-state index contributed by atoms with van der Waals surface area (Å²) >= 11 is 2.04. The largest absolute Gasteiger partial charge is 0.203 e. The van der Waals surface area contributed by atoms with Gasteiger partial charge in [-0.05, 0) is 46.9 Å². The molecule has 0 spiro atoms. The average molecular weight is 497 g/mol. The summed E-state index contributed by atoms with van der Waals surface area (Å²) in [5, 5.41) is 0. The van der Waals surface area contributed by atoms with E-state index in [9.17, 15) is 26.3 Å². The Balaban J connectivity index is 2.25. The second kappa shape index (κ2) is 7.51. The molecule has 134 valence electrons. The Morgan fingerprint density at radius 3 is 1.23 bits per heavy atom. The monoisotopic (exact) mass is 497 g/mol. The van der Waals surface area contributed by atoms with Crippen LogP contribution in [0.3, 0.4) is 0 Å². The van der Waals surface area contributed by atoms with Gasteiger partial charge in [0, 0.05) is 27.8 Å². The molecule has 3 aromatic carbocycles. The molecular formula is C18H8F6IS+. The van der Waals surface area contributed by atoms with Crippen molar-refractivity contribution in [3.63, 3.8) is 0 Å². The van der Waals surface area contributed by atoms with Crippen LogP contribution in [0, 0.1) is 38.5 Å². The van der Waals surface area contributed by atoms with Crippen molar-refractivity contribution in [2.75, 3.05) is 0 Å². The third-order valence-electron chi connectivity index (χ3n) is 3.44. The molecule has 0 aliphatic heterocycles. The topological polar surface area (TPSA) is 0 Å². The summed E-state index contributed by atoms with van der Waals surface area (Å²) in [5.74, 6) is -8.98. The molecule has 0 nitrogen and oxygen atoms in total. The van der Waals surface area contributed by atoms with Crippen LogP contribution in [0.2, 0.25) is 0 Å². The van der Waals surface area contributed by atoms with Crippen LogP contribution in [0.25, 0.3) is 0 Å². The summed E-state index contributed by atoms with van der Waals surface area (Å²) in [5.41, 5.74) is 0. The fourth-order valence-corrected chi connectivity index (χ4v) is 4.75. The molecule has 0 saturated carbocycles. The Morgan fingerprint density at radius 2 is 0.885 bits per heavy atom. The van der Waals surface area contributed by atoms with E-state index >= 15 is 0 Å². The van der Waals surface area contributed by atoms with E-state index in [1.165, 1.54) is 0 Å². The van der Waals surface area contributed by atoms with E-state index < -0.39 is 45.8 Å². The van der Waals surface area contributed by atoms with Gasteiger partial charge in [-0.15, -0.1) is 0 Å². The minimum Gasteiger partial charge on any atom is -0.203 e. The van der Waals surface area contributed by atoms with E-state index in [0.29, 0.717) is 4.90 Å². The maximum Gasteiger partial charge on any atom is 0.194 e. The van der Waals surface area contributed by atoms with Crippen molar-refractivity contribution in [1.29, 1.82) is 0 Å². The van der Waals surface area contributed by atoms with Crippen LogP contribution in [-0.4, -0.2) is 0 Å². The SMILES string of the molecule is Fc1cc([S+](c2ccc(I)cc2)c2cc(F)c(F)c(F)c2)cc(F)c1F. The van der Waals surface area contributed by atoms with E-state index in [-0.39, 0.29) is 9.79 Å². The van der Waals surface area contributed by atoms with Crippen LogP contribution < -0.4 is 0 Å². The van der Waals surface area contributed by atoms with Gasteiger partial charge in [-0.3, -0.25) is 0 Å². The third kappa shape index (κ3) is 3.71. The van der Waals surface area contributed by atoms with Gasteiger partial charge in [-0.25, -0.2) is 26.3 Å². The van der Waals surface area contributed by atoms with Crippen LogP contribution >= 0.6 is 22.6 Å². The molecule has 0 atom stereocenters. The molecule has 0 bridgehead atoms. The lowest BCUT2D eigenvalue weighted by atomic mass is 10.3. The summed E-state index contributed by atoms with van der Waals surface area (Å²) in [4.78, 5) is 0.405. The molecule has 26 heavy (non-hydrogen) atoms. The van der Waals surface area contributed by atoms with Crippen molar-refractivity contribution >= 4 is 33.5 Å². The minimum absolute atomic E-state index is 0.0342. The lowest BCUT2D eigenvalue weighted by molar-refractivity contribution is 0.442. The number of benzene rings is 3. The molecule has 8 heteroatoms. The molecule has 0 unspecified atom stereocenters. The number of rotatable bonds is 3. The predicted molar refractivity (Wildman–Crippen MR) is 94.0 cm³/mol. The molecule has 3 rings (SSSR count). The summed E-state index contributed by atoms with van der Waals surface area (Å²) in [6.45, 7) is 0. The average Bonchev–Trinajstić information content (AvgIpc) is 2.59. The van der Waals surface area contributed by atoms with E-state index in [1.807, 2.05) is 22.6 Å². The first-order valence-electron chi connectivity index (χ1n) is 7.07. The van der Waals surface area contributed by atoms with Crippen molar-refractivity contribution in [1.82, 2.24) is 0 Å². The quantitative estimate of drug-likeness (QED) is 0.175. The van der Waals surface area contributed by atoms with E-state index in [4.69, 9.17) is 0 Å². The number of halogens is 7. The van der Waals surface area contributed by atoms with Gasteiger partial charge in [-0.2, -0.15) is 0 Å². The van der Waals surface area contributed by atoms with E-state index in [0.717, 1.165) is 27.8 Å². The first-order valence-corrected chi connectivity index (χ1v) is 9.37. The van der Waals surface area contributed by atoms with Gasteiger partial charge >= 0.3 is 0 Å². The molecule has 0 aliphatic rings. The first kappa shape index (κ1) is 19.1. The Kier molecular flexibility index (Phi) is 5.52. The Labute approximate surface area is 161 Å². The van der Waals surface area contributed by atoms with Crippen molar-refractivity contribution in [2.45, 2.75) is 14.7 Å². The normalized spacial score (nSPS) is 11.2. The fourth-order valence-electron chi connectivity index (χ4n) is 2.28. The summed E-state index contributed by atoms with van der Waals surface area (Å²) in [6, 6.07) is 9.67. The zero-order valence-corrected chi connectivity index (χ0v) is 15.6. The van der Waals surface area contributed by atoms with Crippen LogP contribution in [-0.2, 0) is 10.9 Å². The third-order valence-corrected chi connectivity index (χ3v) is 6.31.